The molecule has 0 bridgehead atoms. The Morgan fingerprint density at radius 1 is 1.25 bits per heavy atom. The summed E-state index contributed by atoms with van der Waals surface area (Å²) in [6.45, 7) is 10.9. The quantitative estimate of drug-likeness (QED) is 0.749. The largest absolute Gasteiger partial charge is 0.378 e. The maximum atomic E-state index is 5.96. The van der Waals surface area contributed by atoms with Crippen LogP contribution in [0.15, 0.2) is 0 Å². The molecular formula is C13H28N2O. The van der Waals surface area contributed by atoms with Gasteiger partial charge in [-0.25, -0.2) is 0 Å². The minimum Gasteiger partial charge on any atom is -0.378 e. The standard InChI is InChI=1S/C13H28N2O/c1-11(2)14-9-12(3)10-16-13-5-7-15(4)8-6-13/h11-14H,5-10H2,1-4H3. The zero-order valence-electron chi connectivity index (χ0n) is 11.3. The molecule has 96 valence electrons. The monoisotopic (exact) mass is 228 g/mol. The lowest BCUT2D eigenvalue weighted by Gasteiger charge is -2.29. The average Bonchev–Trinajstić information content (AvgIpc) is 2.25. The van der Waals surface area contributed by atoms with Crippen molar-refractivity contribution in [3.05, 3.63) is 0 Å². The maximum Gasteiger partial charge on any atom is 0.0599 e. The van der Waals surface area contributed by atoms with E-state index in [0.717, 1.165) is 13.2 Å². The summed E-state index contributed by atoms with van der Waals surface area (Å²) in [5, 5.41) is 3.45. The third-order valence-corrected chi connectivity index (χ3v) is 3.16. The van der Waals surface area contributed by atoms with E-state index in [1.165, 1.54) is 25.9 Å². The minimum absolute atomic E-state index is 0.498. The van der Waals surface area contributed by atoms with Crippen LogP contribution in [-0.4, -0.2) is 50.3 Å². The van der Waals surface area contributed by atoms with E-state index in [0.29, 0.717) is 18.1 Å². The Bertz CT molecular complexity index is 177. The van der Waals surface area contributed by atoms with Gasteiger partial charge in [0, 0.05) is 25.7 Å². The van der Waals surface area contributed by atoms with Gasteiger partial charge >= 0.3 is 0 Å². The highest BCUT2D eigenvalue weighted by atomic mass is 16.5. The lowest BCUT2D eigenvalue weighted by Crippen LogP contribution is -2.36. The van der Waals surface area contributed by atoms with Crippen molar-refractivity contribution < 1.29 is 4.74 Å². The summed E-state index contributed by atoms with van der Waals surface area (Å²) in [7, 11) is 2.19. The summed E-state index contributed by atoms with van der Waals surface area (Å²) < 4.78 is 5.96. The summed E-state index contributed by atoms with van der Waals surface area (Å²) in [6.07, 6.45) is 2.89. The number of nitrogens with zero attached hydrogens (tertiary/aromatic N) is 1. The molecule has 0 amide bonds. The minimum atomic E-state index is 0.498. The van der Waals surface area contributed by atoms with Crippen molar-refractivity contribution >= 4 is 0 Å². The maximum absolute atomic E-state index is 5.96. The van der Waals surface area contributed by atoms with E-state index in [1.54, 1.807) is 0 Å². The van der Waals surface area contributed by atoms with E-state index in [1.807, 2.05) is 0 Å². The van der Waals surface area contributed by atoms with Crippen LogP contribution >= 0.6 is 0 Å². The molecule has 1 unspecified atom stereocenters. The van der Waals surface area contributed by atoms with Gasteiger partial charge in [-0.1, -0.05) is 20.8 Å². The van der Waals surface area contributed by atoms with Crippen molar-refractivity contribution in [3.63, 3.8) is 0 Å². The van der Waals surface area contributed by atoms with Crippen molar-refractivity contribution in [2.24, 2.45) is 5.92 Å². The summed E-state index contributed by atoms with van der Waals surface area (Å²) in [5.41, 5.74) is 0. The fraction of sp³-hybridized carbons (Fsp3) is 1.00. The molecule has 0 radical (unpaired) electrons. The molecule has 0 saturated carbocycles. The molecule has 3 heteroatoms. The third kappa shape index (κ3) is 5.83. The number of hydrogen-bond donors (Lipinski definition) is 1. The fourth-order valence-corrected chi connectivity index (χ4v) is 1.95. The Labute approximate surface area is 101 Å². The highest BCUT2D eigenvalue weighted by Crippen LogP contribution is 2.13. The predicted molar refractivity (Wildman–Crippen MR) is 68.8 cm³/mol. The van der Waals surface area contributed by atoms with Crippen LogP contribution in [0, 0.1) is 5.92 Å². The third-order valence-electron chi connectivity index (χ3n) is 3.16. The van der Waals surface area contributed by atoms with Gasteiger partial charge in [-0.05, 0) is 25.8 Å². The molecule has 0 aromatic rings. The molecule has 1 heterocycles. The zero-order chi connectivity index (χ0) is 12.0. The molecule has 1 aliphatic heterocycles. The smallest absolute Gasteiger partial charge is 0.0599 e. The number of ether oxygens (including phenoxy) is 1. The van der Waals surface area contributed by atoms with E-state index in [2.05, 4.69) is 38.0 Å². The lowest BCUT2D eigenvalue weighted by atomic mass is 10.1. The molecular weight excluding hydrogens is 200 g/mol. The van der Waals surface area contributed by atoms with Gasteiger partial charge in [-0.3, -0.25) is 0 Å². The molecule has 0 spiro atoms. The molecule has 1 rings (SSSR count). The van der Waals surface area contributed by atoms with Crippen molar-refractivity contribution in [1.82, 2.24) is 10.2 Å². The van der Waals surface area contributed by atoms with E-state index in [-0.39, 0.29) is 0 Å². The molecule has 1 atom stereocenters. The summed E-state index contributed by atoms with van der Waals surface area (Å²) in [6, 6.07) is 0.575. The van der Waals surface area contributed by atoms with Gasteiger partial charge in [0.1, 0.15) is 0 Å². The second kappa shape index (κ2) is 7.25. The lowest BCUT2D eigenvalue weighted by molar-refractivity contribution is -0.00261. The summed E-state index contributed by atoms with van der Waals surface area (Å²) in [5.74, 6) is 0.613. The van der Waals surface area contributed by atoms with Gasteiger partial charge in [0.2, 0.25) is 0 Å². The normalized spacial score (nSPS) is 21.6. The zero-order valence-corrected chi connectivity index (χ0v) is 11.3. The Kier molecular flexibility index (Phi) is 6.32. The number of nitrogens with one attached hydrogen (secondary N) is 1. The first kappa shape index (κ1) is 13.9. The molecule has 0 aromatic carbocycles. The number of piperidine rings is 1. The number of likely N-dealkylation sites (tertiary alicyclic amines) is 1. The van der Waals surface area contributed by atoms with Crippen LogP contribution in [-0.2, 0) is 4.74 Å². The molecule has 0 aromatic heterocycles. The molecule has 16 heavy (non-hydrogen) atoms. The van der Waals surface area contributed by atoms with Crippen molar-refractivity contribution in [3.8, 4) is 0 Å². The van der Waals surface area contributed by atoms with Crippen LogP contribution in [0.2, 0.25) is 0 Å². The Morgan fingerprint density at radius 3 is 2.44 bits per heavy atom. The number of rotatable bonds is 6. The highest BCUT2D eigenvalue weighted by molar-refractivity contribution is 4.70. The average molecular weight is 228 g/mol. The predicted octanol–water partition coefficient (Wildman–Crippen LogP) is 1.73. The van der Waals surface area contributed by atoms with E-state index >= 15 is 0 Å². The van der Waals surface area contributed by atoms with Gasteiger partial charge < -0.3 is 15.0 Å². The summed E-state index contributed by atoms with van der Waals surface area (Å²) >= 11 is 0. The van der Waals surface area contributed by atoms with Crippen molar-refractivity contribution in [2.45, 2.75) is 45.8 Å². The van der Waals surface area contributed by atoms with Crippen LogP contribution in [0.1, 0.15) is 33.6 Å². The summed E-state index contributed by atoms with van der Waals surface area (Å²) in [4.78, 5) is 2.38. The molecule has 1 fully saturated rings. The number of hydrogen-bond acceptors (Lipinski definition) is 3. The van der Waals surface area contributed by atoms with Crippen LogP contribution in [0.25, 0.3) is 0 Å². The Morgan fingerprint density at radius 2 is 1.88 bits per heavy atom. The second-order valence-corrected chi connectivity index (χ2v) is 5.50. The van der Waals surface area contributed by atoms with Crippen molar-refractivity contribution in [1.29, 1.82) is 0 Å². The second-order valence-electron chi connectivity index (χ2n) is 5.50. The van der Waals surface area contributed by atoms with E-state index in [9.17, 15) is 0 Å². The highest BCUT2D eigenvalue weighted by Gasteiger charge is 2.17. The van der Waals surface area contributed by atoms with Crippen LogP contribution < -0.4 is 5.32 Å². The SMILES string of the molecule is CC(CNC(C)C)COC1CCN(C)CC1. The fourth-order valence-electron chi connectivity index (χ4n) is 1.95. The van der Waals surface area contributed by atoms with Gasteiger partial charge in [0.15, 0.2) is 0 Å². The first-order valence-corrected chi connectivity index (χ1v) is 6.61. The van der Waals surface area contributed by atoms with Gasteiger partial charge in [-0.15, -0.1) is 0 Å². The molecule has 1 saturated heterocycles. The topological polar surface area (TPSA) is 24.5 Å². The van der Waals surface area contributed by atoms with Crippen LogP contribution in [0.4, 0.5) is 0 Å². The molecule has 3 nitrogen and oxygen atoms in total. The molecule has 1 aliphatic rings. The first-order chi connectivity index (χ1) is 7.58. The van der Waals surface area contributed by atoms with Crippen LogP contribution in [0.3, 0.4) is 0 Å². The van der Waals surface area contributed by atoms with Crippen LogP contribution in [0.5, 0.6) is 0 Å². The first-order valence-electron chi connectivity index (χ1n) is 6.61. The van der Waals surface area contributed by atoms with E-state index < -0.39 is 0 Å². The Hall–Kier alpha value is -0.120. The van der Waals surface area contributed by atoms with E-state index in [4.69, 9.17) is 4.74 Å². The van der Waals surface area contributed by atoms with Gasteiger partial charge in [-0.2, -0.15) is 0 Å². The van der Waals surface area contributed by atoms with Gasteiger partial charge in [0.05, 0.1) is 12.7 Å². The van der Waals surface area contributed by atoms with Crippen molar-refractivity contribution in [2.75, 3.05) is 33.3 Å². The molecule has 0 aliphatic carbocycles. The van der Waals surface area contributed by atoms with Gasteiger partial charge in [0.25, 0.3) is 0 Å². The molecule has 1 N–H and O–H groups in total. The Balaban J connectivity index is 2.05.